The zero-order valence-corrected chi connectivity index (χ0v) is 11.4. The lowest BCUT2D eigenvalue weighted by atomic mass is 10.3. The first kappa shape index (κ1) is 24.6. The molecule has 0 aromatic carbocycles. The van der Waals surface area contributed by atoms with E-state index in [2.05, 4.69) is 0 Å². The average Bonchev–Trinajstić information content (AvgIpc) is 2.33. The topological polar surface area (TPSA) is 224 Å². The Morgan fingerprint density at radius 1 is 0.522 bits per heavy atom. The first-order chi connectivity index (χ1) is 10.4. The highest BCUT2D eigenvalue weighted by atomic mass is 16.4. The van der Waals surface area contributed by atoms with E-state index in [0.29, 0.717) is 12.2 Å². The molecule has 6 N–H and O–H groups in total. The van der Waals surface area contributed by atoms with Crippen LogP contribution in [0.2, 0.25) is 0 Å². The summed E-state index contributed by atoms with van der Waals surface area (Å²) in [6.45, 7) is 0. The van der Waals surface area contributed by atoms with E-state index in [0.717, 1.165) is 0 Å². The normalized spacial score (nSPS) is 8.70. The fourth-order valence-corrected chi connectivity index (χ4v) is 0.486. The molecule has 0 aliphatic heterocycles. The van der Waals surface area contributed by atoms with Gasteiger partial charge in [-0.25, -0.2) is 9.59 Å². The van der Waals surface area contributed by atoms with Crippen molar-refractivity contribution in [2.45, 2.75) is 19.3 Å². The zero-order chi connectivity index (χ0) is 19.0. The molecular weight excluding hydrogens is 324 g/mol. The molecular formula is C11H14O12. The number of hydrogen-bond acceptors (Lipinski definition) is 6. The van der Waals surface area contributed by atoms with E-state index in [4.69, 9.17) is 30.6 Å². The molecule has 0 bridgehead atoms. The Labute approximate surface area is 127 Å². The summed E-state index contributed by atoms with van der Waals surface area (Å²) in [4.78, 5) is 57.2. The quantitative estimate of drug-likeness (QED) is 0.247. The molecule has 0 unspecified atom stereocenters. The van der Waals surface area contributed by atoms with Crippen LogP contribution in [0, 0.1) is 0 Å². The SMILES string of the molecule is O=C(O)/C=C\C(=O)O.O=C(O)CC(=O)O.O=C(O)CCC(=O)O. The molecule has 0 heterocycles. The highest BCUT2D eigenvalue weighted by Crippen LogP contribution is 1.86. The van der Waals surface area contributed by atoms with Crippen LogP contribution in [0.3, 0.4) is 0 Å². The lowest BCUT2D eigenvalue weighted by molar-refractivity contribution is -0.147. The van der Waals surface area contributed by atoms with Crippen LogP contribution in [0.15, 0.2) is 12.2 Å². The minimum atomic E-state index is -1.31. The van der Waals surface area contributed by atoms with Gasteiger partial charge in [0, 0.05) is 12.2 Å². The van der Waals surface area contributed by atoms with E-state index in [1.54, 1.807) is 0 Å². The van der Waals surface area contributed by atoms with Gasteiger partial charge in [-0.15, -0.1) is 0 Å². The predicted molar refractivity (Wildman–Crippen MR) is 68.8 cm³/mol. The fraction of sp³-hybridized carbons (Fsp3) is 0.273. The number of aliphatic carboxylic acids is 6. The Kier molecular flexibility index (Phi) is 16.0. The van der Waals surface area contributed by atoms with Crippen LogP contribution in [-0.2, 0) is 28.8 Å². The summed E-state index contributed by atoms with van der Waals surface area (Å²) in [5, 5.41) is 46.8. The van der Waals surface area contributed by atoms with Gasteiger partial charge in [-0.05, 0) is 0 Å². The van der Waals surface area contributed by atoms with Gasteiger partial charge in [-0.3, -0.25) is 19.2 Å². The van der Waals surface area contributed by atoms with Crippen LogP contribution in [0.25, 0.3) is 0 Å². The fourth-order valence-electron chi connectivity index (χ4n) is 0.486. The molecule has 0 rings (SSSR count). The average molecular weight is 338 g/mol. The molecule has 0 saturated carbocycles. The molecule has 0 aliphatic rings. The van der Waals surface area contributed by atoms with Crippen molar-refractivity contribution in [2.75, 3.05) is 0 Å². The van der Waals surface area contributed by atoms with Crippen LogP contribution in [0.4, 0.5) is 0 Å². The highest BCUT2D eigenvalue weighted by molar-refractivity contribution is 5.89. The highest BCUT2D eigenvalue weighted by Gasteiger charge is 2.01. The monoisotopic (exact) mass is 338 g/mol. The third-order valence-corrected chi connectivity index (χ3v) is 1.22. The Balaban J connectivity index is -0.000000262. The van der Waals surface area contributed by atoms with Crippen LogP contribution in [0.1, 0.15) is 19.3 Å². The van der Waals surface area contributed by atoms with E-state index in [9.17, 15) is 28.8 Å². The van der Waals surface area contributed by atoms with Crippen molar-refractivity contribution in [3.8, 4) is 0 Å². The van der Waals surface area contributed by atoms with E-state index < -0.39 is 42.2 Å². The van der Waals surface area contributed by atoms with Gasteiger partial charge < -0.3 is 30.6 Å². The lowest BCUT2D eigenvalue weighted by Gasteiger charge is -1.85. The molecule has 0 fully saturated rings. The molecule has 0 aromatic rings. The molecule has 0 saturated heterocycles. The van der Waals surface area contributed by atoms with Crippen molar-refractivity contribution >= 4 is 35.8 Å². The predicted octanol–water partition coefficient (Wildman–Crippen LogP) is -0.807. The second-order valence-corrected chi connectivity index (χ2v) is 3.26. The minimum absolute atomic E-state index is 0.296. The standard InChI is InChI=1S/C4H6O4.C4H4O4.C3H4O4/c2*5-3(6)1-2-4(7)8;4-2(5)1-3(6)7/h1-2H2,(H,5,6)(H,7,8);1-2H,(H,5,6)(H,7,8);1H2,(H,4,5)(H,6,7)/b;2-1-;. The molecule has 0 aliphatic carbocycles. The maximum atomic E-state index is 9.64. The van der Waals surface area contributed by atoms with Crippen LogP contribution >= 0.6 is 0 Å². The number of carboxylic acid groups (broad SMARTS) is 6. The van der Waals surface area contributed by atoms with Gasteiger partial charge in [0.05, 0.1) is 12.8 Å². The maximum Gasteiger partial charge on any atom is 0.328 e. The largest absolute Gasteiger partial charge is 0.481 e. The van der Waals surface area contributed by atoms with E-state index in [1.807, 2.05) is 0 Å². The second kappa shape index (κ2) is 15.0. The summed E-state index contributed by atoms with van der Waals surface area (Å²) < 4.78 is 0. The van der Waals surface area contributed by atoms with E-state index >= 15 is 0 Å². The van der Waals surface area contributed by atoms with Crippen molar-refractivity contribution in [2.24, 2.45) is 0 Å². The minimum Gasteiger partial charge on any atom is -0.481 e. The summed E-state index contributed by atoms with van der Waals surface area (Å²) in [5.41, 5.74) is 0. The molecule has 130 valence electrons. The lowest BCUT2D eigenvalue weighted by Crippen LogP contribution is -2.03. The van der Waals surface area contributed by atoms with E-state index in [-0.39, 0.29) is 12.8 Å². The van der Waals surface area contributed by atoms with Gasteiger partial charge in [0.2, 0.25) is 0 Å². The molecule has 0 radical (unpaired) electrons. The molecule has 12 heteroatoms. The number of rotatable bonds is 7. The third-order valence-electron chi connectivity index (χ3n) is 1.22. The third kappa shape index (κ3) is 45.6. The molecule has 12 nitrogen and oxygen atoms in total. The smallest absolute Gasteiger partial charge is 0.328 e. The van der Waals surface area contributed by atoms with Gasteiger partial charge in [0.15, 0.2) is 0 Å². The van der Waals surface area contributed by atoms with Crippen molar-refractivity contribution in [1.82, 2.24) is 0 Å². The van der Waals surface area contributed by atoms with Crippen LogP contribution in [0.5, 0.6) is 0 Å². The Bertz CT molecular complexity index is 433. The zero-order valence-electron chi connectivity index (χ0n) is 11.4. The second-order valence-electron chi connectivity index (χ2n) is 3.26. The Morgan fingerprint density at radius 3 is 0.870 bits per heavy atom. The number of carboxylic acids is 6. The molecule has 0 atom stereocenters. The summed E-state index contributed by atoms with van der Waals surface area (Å²) in [6, 6.07) is 0. The maximum absolute atomic E-state index is 9.64. The number of carbonyl (C=O) groups is 6. The Hall–Kier alpha value is -3.44. The first-order valence-electron chi connectivity index (χ1n) is 5.39. The van der Waals surface area contributed by atoms with Crippen LogP contribution in [-0.4, -0.2) is 66.5 Å². The summed E-state index contributed by atoms with van der Waals surface area (Å²) in [6.07, 6.45) is -0.282. The Morgan fingerprint density at radius 2 is 0.783 bits per heavy atom. The van der Waals surface area contributed by atoms with Crippen molar-refractivity contribution < 1.29 is 59.4 Å². The van der Waals surface area contributed by atoms with Gasteiger partial charge in [0.25, 0.3) is 0 Å². The summed E-state index contributed by atoms with van der Waals surface area (Å²) >= 11 is 0. The van der Waals surface area contributed by atoms with Crippen molar-refractivity contribution in [1.29, 1.82) is 0 Å². The summed E-state index contributed by atoms with van der Waals surface area (Å²) in [7, 11) is 0. The van der Waals surface area contributed by atoms with Crippen molar-refractivity contribution in [3.05, 3.63) is 12.2 Å². The van der Waals surface area contributed by atoms with Gasteiger partial charge in [-0.1, -0.05) is 0 Å². The van der Waals surface area contributed by atoms with Gasteiger partial charge in [-0.2, -0.15) is 0 Å². The molecule has 0 spiro atoms. The molecule has 23 heavy (non-hydrogen) atoms. The summed E-state index contributed by atoms with van der Waals surface area (Å²) in [5.74, 6) is -7.29. The van der Waals surface area contributed by atoms with Gasteiger partial charge in [0.1, 0.15) is 6.42 Å². The molecule has 0 amide bonds. The van der Waals surface area contributed by atoms with Gasteiger partial charge >= 0.3 is 35.8 Å². The molecule has 0 aromatic heterocycles. The number of hydrogen-bond donors (Lipinski definition) is 6. The van der Waals surface area contributed by atoms with Crippen molar-refractivity contribution in [3.63, 3.8) is 0 Å². The first-order valence-corrected chi connectivity index (χ1v) is 5.39. The van der Waals surface area contributed by atoms with Crippen LogP contribution < -0.4 is 0 Å². The van der Waals surface area contributed by atoms with E-state index in [1.165, 1.54) is 0 Å².